The van der Waals surface area contributed by atoms with E-state index in [4.69, 9.17) is 4.74 Å². The highest BCUT2D eigenvalue weighted by atomic mass is 16.5. The predicted octanol–water partition coefficient (Wildman–Crippen LogP) is 4.11. The van der Waals surface area contributed by atoms with E-state index in [0.29, 0.717) is 0 Å². The van der Waals surface area contributed by atoms with E-state index in [9.17, 15) is 0 Å². The normalized spacial score (nSPS) is 20.2. The van der Waals surface area contributed by atoms with Gasteiger partial charge in [0, 0.05) is 32.0 Å². The number of nitrogens with one attached hydrogen (secondary N) is 3. The number of aromatic amines is 1. The molecule has 0 amide bonds. The van der Waals surface area contributed by atoms with Gasteiger partial charge in [0.1, 0.15) is 17.2 Å². The van der Waals surface area contributed by atoms with E-state index in [1.165, 1.54) is 18.4 Å². The summed E-state index contributed by atoms with van der Waals surface area (Å²) in [7, 11) is 1.83. The highest BCUT2D eigenvalue weighted by Gasteiger charge is 2.43. The lowest BCUT2D eigenvalue weighted by Gasteiger charge is -2.40. The molecule has 30 heavy (non-hydrogen) atoms. The fraction of sp³-hybridized carbons (Fsp3) is 0.417. The van der Waals surface area contributed by atoms with Gasteiger partial charge >= 0.3 is 0 Å². The summed E-state index contributed by atoms with van der Waals surface area (Å²) in [5, 5.41) is 7.11. The molecule has 1 unspecified atom stereocenters. The van der Waals surface area contributed by atoms with Gasteiger partial charge in [0.25, 0.3) is 0 Å². The second-order valence-electron chi connectivity index (χ2n) is 8.38. The van der Waals surface area contributed by atoms with Gasteiger partial charge in [0.15, 0.2) is 5.96 Å². The Hall–Kier alpha value is -3.02. The van der Waals surface area contributed by atoms with Crippen LogP contribution in [0.3, 0.4) is 0 Å². The third kappa shape index (κ3) is 3.74. The first-order valence-electron chi connectivity index (χ1n) is 10.9. The minimum atomic E-state index is -0.0286. The van der Waals surface area contributed by atoms with Crippen LogP contribution in [0.15, 0.2) is 53.5 Å². The molecule has 5 rings (SSSR count). The van der Waals surface area contributed by atoms with Crippen LogP contribution in [-0.2, 0) is 6.42 Å². The molecule has 2 aliphatic rings. The van der Waals surface area contributed by atoms with E-state index >= 15 is 0 Å². The van der Waals surface area contributed by atoms with Crippen LogP contribution in [0, 0.1) is 0 Å². The zero-order valence-electron chi connectivity index (χ0n) is 17.4. The number of nitrogens with zero attached hydrogens (tertiary/aromatic N) is 2. The maximum Gasteiger partial charge on any atom is 0.191 e. The second-order valence-corrected chi connectivity index (χ2v) is 8.38. The standard InChI is InChI=1S/C24H29N5O/c1-25-23(26-15-12-22-27-18-9-3-4-10-19(18)28-22)29-20-16-24(13-6-7-14-24)30-21-11-5-2-8-17(20)21/h2-5,8-11,20H,6-7,12-16H2,1H3,(H,27,28)(H2,25,26,29). The highest BCUT2D eigenvalue weighted by Crippen LogP contribution is 2.46. The van der Waals surface area contributed by atoms with Gasteiger partial charge in [-0.3, -0.25) is 4.99 Å². The molecule has 1 saturated carbocycles. The molecule has 2 heterocycles. The van der Waals surface area contributed by atoms with Gasteiger partial charge in [-0.25, -0.2) is 4.98 Å². The van der Waals surface area contributed by atoms with Gasteiger partial charge in [-0.2, -0.15) is 0 Å². The van der Waals surface area contributed by atoms with Crippen molar-refractivity contribution in [2.45, 2.75) is 50.2 Å². The summed E-state index contributed by atoms with van der Waals surface area (Å²) < 4.78 is 6.48. The molecule has 2 aromatic carbocycles. The molecule has 156 valence electrons. The molecule has 1 aliphatic heterocycles. The number of hydrogen-bond donors (Lipinski definition) is 3. The van der Waals surface area contributed by atoms with Crippen molar-refractivity contribution in [3.05, 3.63) is 59.9 Å². The number of hydrogen-bond acceptors (Lipinski definition) is 3. The smallest absolute Gasteiger partial charge is 0.191 e. The lowest BCUT2D eigenvalue weighted by atomic mass is 9.86. The number of benzene rings is 2. The number of aromatic nitrogens is 2. The van der Waals surface area contributed by atoms with E-state index in [2.05, 4.69) is 55.9 Å². The van der Waals surface area contributed by atoms with Gasteiger partial charge < -0.3 is 20.4 Å². The zero-order chi connectivity index (χ0) is 20.4. The average molecular weight is 404 g/mol. The minimum absolute atomic E-state index is 0.0286. The van der Waals surface area contributed by atoms with Crippen molar-refractivity contribution in [3.8, 4) is 5.75 Å². The molecule has 0 saturated heterocycles. The van der Waals surface area contributed by atoms with E-state index in [-0.39, 0.29) is 11.6 Å². The Morgan fingerprint density at radius 1 is 1.17 bits per heavy atom. The molecule has 1 aromatic heterocycles. The molecular formula is C24H29N5O. The van der Waals surface area contributed by atoms with Crippen molar-refractivity contribution < 1.29 is 4.74 Å². The molecule has 3 aromatic rings. The number of para-hydroxylation sites is 3. The van der Waals surface area contributed by atoms with E-state index in [0.717, 1.165) is 60.8 Å². The molecule has 1 aliphatic carbocycles. The Morgan fingerprint density at radius 2 is 1.97 bits per heavy atom. The minimum Gasteiger partial charge on any atom is -0.487 e. The zero-order valence-corrected chi connectivity index (χ0v) is 17.4. The van der Waals surface area contributed by atoms with Crippen LogP contribution < -0.4 is 15.4 Å². The van der Waals surface area contributed by atoms with E-state index in [1.54, 1.807) is 0 Å². The summed E-state index contributed by atoms with van der Waals surface area (Å²) in [5.41, 5.74) is 3.28. The number of rotatable bonds is 4. The number of H-pyrrole nitrogens is 1. The third-order valence-corrected chi connectivity index (χ3v) is 6.34. The SMILES string of the molecule is CN=C(NCCc1nc2ccccc2[nH]1)NC1CC2(CCCC2)Oc2ccccc21. The first-order chi connectivity index (χ1) is 14.7. The lowest BCUT2D eigenvalue weighted by molar-refractivity contribution is 0.0396. The molecular weight excluding hydrogens is 374 g/mol. The predicted molar refractivity (Wildman–Crippen MR) is 120 cm³/mol. The number of guanidine groups is 1. The van der Waals surface area contributed by atoms with Crippen molar-refractivity contribution in [1.82, 2.24) is 20.6 Å². The van der Waals surface area contributed by atoms with Crippen molar-refractivity contribution in [2.75, 3.05) is 13.6 Å². The van der Waals surface area contributed by atoms with Crippen molar-refractivity contribution in [2.24, 2.45) is 4.99 Å². The Morgan fingerprint density at radius 3 is 2.80 bits per heavy atom. The second kappa shape index (κ2) is 8.01. The Bertz CT molecular complexity index is 1020. The summed E-state index contributed by atoms with van der Waals surface area (Å²) in [6, 6.07) is 16.7. The number of fused-ring (bicyclic) bond motifs is 2. The Kier molecular flexibility index (Phi) is 5.07. The first-order valence-corrected chi connectivity index (χ1v) is 10.9. The Labute approximate surface area is 177 Å². The molecule has 1 atom stereocenters. The molecule has 1 spiro atoms. The highest BCUT2D eigenvalue weighted by molar-refractivity contribution is 5.80. The molecule has 3 N–H and O–H groups in total. The van der Waals surface area contributed by atoms with Crippen molar-refractivity contribution in [3.63, 3.8) is 0 Å². The van der Waals surface area contributed by atoms with Crippen molar-refractivity contribution in [1.29, 1.82) is 0 Å². The summed E-state index contributed by atoms with van der Waals surface area (Å²) in [6.07, 6.45) is 6.56. The van der Waals surface area contributed by atoms with Gasteiger partial charge in [-0.05, 0) is 43.9 Å². The van der Waals surface area contributed by atoms with Crippen LogP contribution in [0.1, 0.15) is 49.5 Å². The van der Waals surface area contributed by atoms with Gasteiger partial charge in [0.05, 0.1) is 17.1 Å². The molecule has 0 bridgehead atoms. The van der Waals surface area contributed by atoms with Crippen LogP contribution in [0.4, 0.5) is 0 Å². The van der Waals surface area contributed by atoms with Gasteiger partial charge in [0.2, 0.25) is 0 Å². The summed E-state index contributed by atoms with van der Waals surface area (Å²) in [5.74, 6) is 2.82. The molecule has 6 nitrogen and oxygen atoms in total. The van der Waals surface area contributed by atoms with E-state index in [1.807, 2.05) is 25.2 Å². The topological polar surface area (TPSA) is 74.3 Å². The number of ether oxygens (including phenoxy) is 1. The lowest BCUT2D eigenvalue weighted by Crippen LogP contribution is -2.47. The fourth-order valence-corrected chi connectivity index (χ4v) is 4.86. The Balaban J connectivity index is 1.25. The molecule has 0 radical (unpaired) electrons. The van der Waals surface area contributed by atoms with Crippen molar-refractivity contribution >= 4 is 17.0 Å². The van der Waals surface area contributed by atoms with E-state index < -0.39 is 0 Å². The van der Waals surface area contributed by atoms with Gasteiger partial charge in [-0.15, -0.1) is 0 Å². The first kappa shape index (κ1) is 19.0. The monoisotopic (exact) mass is 403 g/mol. The van der Waals surface area contributed by atoms with Crippen LogP contribution in [0.2, 0.25) is 0 Å². The maximum absolute atomic E-state index is 6.48. The summed E-state index contributed by atoms with van der Waals surface area (Å²) in [4.78, 5) is 12.5. The van der Waals surface area contributed by atoms with Crippen LogP contribution in [-0.4, -0.2) is 35.1 Å². The van der Waals surface area contributed by atoms with Gasteiger partial charge in [-0.1, -0.05) is 30.3 Å². The third-order valence-electron chi connectivity index (χ3n) is 6.34. The van der Waals surface area contributed by atoms with Crippen LogP contribution in [0.25, 0.3) is 11.0 Å². The summed E-state index contributed by atoms with van der Waals surface area (Å²) in [6.45, 7) is 0.759. The number of imidazole rings is 1. The fourth-order valence-electron chi connectivity index (χ4n) is 4.86. The van der Waals surface area contributed by atoms with Crippen LogP contribution in [0.5, 0.6) is 5.75 Å². The largest absolute Gasteiger partial charge is 0.487 e. The molecule has 6 heteroatoms. The average Bonchev–Trinajstić information content (AvgIpc) is 3.39. The quantitative estimate of drug-likeness (QED) is 0.453. The summed E-state index contributed by atoms with van der Waals surface area (Å²) >= 11 is 0. The maximum atomic E-state index is 6.48. The number of aliphatic imine (C=N–C) groups is 1. The molecule has 1 fully saturated rings. The van der Waals surface area contributed by atoms with Crippen LogP contribution >= 0.6 is 0 Å².